The fourth-order valence-electron chi connectivity index (χ4n) is 1.98. The van der Waals surface area contributed by atoms with Gasteiger partial charge in [0.05, 0.1) is 6.10 Å². The van der Waals surface area contributed by atoms with Gasteiger partial charge >= 0.3 is 0 Å². The molecule has 13 heavy (non-hydrogen) atoms. The molecule has 1 unspecified atom stereocenters. The molecule has 0 radical (unpaired) electrons. The van der Waals surface area contributed by atoms with Crippen molar-refractivity contribution in [3.05, 3.63) is 11.6 Å². The molecule has 0 saturated carbocycles. The van der Waals surface area contributed by atoms with Crippen molar-refractivity contribution >= 4 is 0 Å². The van der Waals surface area contributed by atoms with E-state index in [1.54, 1.807) is 0 Å². The average Bonchev–Trinajstić information content (AvgIpc) is 2.03. The van der Waals surface area contributed by atoms with Crippen molar-refractivity contribution in [3.63, 3.8) is 0 Å². The van der Waals surface area contributed by atoms with Crippen LogP contribution in [0.25, 0.3) is 0 Å². The molecule has 1 aliphatic rings. The van der Waals surface area contributed by atoms with E-state index in [1.165, 1.54) is 37.7 Å². The van der Waals surface area contributed by atoms with Crippen LogP contribution < -0.4 is 0 Å². The lowest BCUT2D eigenvalue weighted by molar-refractivity contribution is 0.193. The Kier molecular flexibility index (Phi) is 5.14. The van der Waals surface area contributed by atoms with Gasteiger partial charge in [0.2, 0.25) is 0 Å². The highest BCUT2D eigenvalue weighted by Gasteiger charge is 2.10. The van der Waals surface area contributed by atoms with Gasteiger partial charge in [0.15, 0.2) is 0 Å². The van der Waals surface area contributed by atoms with Crippen molar-refractivity contribution in [2.45, 2.75) is 64.4 Å². The number of allylic oxidation sites excluding steroid dienone is 1. The second kappa shape index (κ2) is 6.20. The Labute approximate surface area is 81.9 Å². The summed E-state index contributed by atoms with van der Waals surface area (Å²) in [6.07, 6.45) is 11.7. The number of rotatable bonds is 3. The van der Waals surface area contributed by atoms with Crippen molar-refractivity contribution < 1.29 is 5.11 Å². The highest BCUT2D eigenvalue weighted by Crippen LogP contribution is 2.21. The Morgan fingerprint density at radius 1 is 1.31 bits per heavy atom. The summed E-state index contributed by atoms with van der Waals surface area (Å²) in [6.45, 7) is 2.13. The molecular formula is C12H22O. The second-order valence-corrected chi connectivity index (χ2v) is 4.04. The van der Waals surface area contributed by atoms with Gasteiger partial charge in [-0.25, -0.2) is 0 Å². The number of hydrogen-bond acceptors (Lipinski definition) is 1. The fourth-order valence-corrected chi connectivity index (χ4v) is 1.98. The van der Waals surface area contributed by atoms with E-state index < -0.39 is 0 Å². The van der Waals surface area contributed by atoms with Gasteiger partial charge in [-0.2, -0.15) is 0 Å². The summed E-state index contributed by atoms with van der Waals surface area (Å²) in [5, 5.41) is 9.82. The highest BCUT2D eigenvalue weighted by atomic mass is 16.3. The molecule has 0 fully saturated rings. The van der Waals surface area contributed by atoms with Gasteiger partial charge in [-0.05, 0) is 37.7 Å². The summed E-state index contributed by atoms with van der Waals surface area (Å²) in [4.78, 5) is 0. The first-order chi connectivity index (χ1) is 6.34. The smallest absolute Gasteiger partial charge is 0.0750 e. The first kappa shape index (κ1) is 10.8. The molecule has 0 spiro atoms. The summed E-state index contributed by atoms with van der Waals surface area (Å²) in [6, 6.07) is 0. The van der Waals surface area contributed by atoms with Gasteiger partial charge in [-0.15, -0.1) is 0 Å². The minimum absolute atomic E-state index is 0.150. The maximum Gasteiger partial charge on any atom is 0.0750 e. The molecule has 0 bridgehead atoms. The van der Waals surface area contributed by atoms with Gasteiger partial charge < -0.3 is 5.11 Å². The van der Waals surface area contributed by atoms with Crippen molar-refractivity contribution in [1.29, 1.82) is 0 Å². The minimum Gasteiger partial charge on any atom is -0.389 e. The number of aliphatic hydroxyl groups excluding tert-OH is 1. The Balaban J connectivity index is 2.43. The zero-order chi connectivity index (χ0) is 9.52. The molecule has 0 aromatic rings. The van der Waals surface area contributed by atoms with E-state index in [9.17, 15) is 5.11 Å². The molecule has 0 amide bonds. The van der Waals surface area contributed by atoms with Gasteiger partial charge in [0.25, 0.3) is 0 Å². The SMILES string of the molecule is CCCC(O)C1=CCCCCCC1. The molecule has 1 atom stereocenters. The summed E-state index contributed by atoms with van der Waals surface area (Å²) in [7, 11) is 0. The van der Waals surface area contributed by atoms with Gasteiger partial charge in [0.1, 0.15) is 0 Å². The van der Waals surface area contributed by atoms with Crippen LogP contribution in [-0.4, -0.2) is 11.2 Å². The first-order valence-electron chi connectivity index (χ1n) is 5.71. The summed E-state index contributed by atoms with van der Waals surface area (Å²) in [5.74, 6) is 0. The maximum atomic E-state index is 9.82. The van der Waals surface area contributed by atoms with Gasteiger partial charge in [-0.3, -0.25) is 0 Å². The summed E-state index contributed by atoms with van der Waals surface area (Å²) < 4.78 is 0. The topological polar surface area (TPSA) is 20.2 Å². The van der Waals surface area contributed by atoms with Crippen LogP contribution in [0.3, 0.4) is 0 Å². The number of hydrogen-bond donors (Lipinski definition) is 1. The molecule has 0 saturated heterocycles. The van der Waals surface area contributed by atoms with Crippen LogP contribution >= 0.6 is 0 Å². The van der Waals surface area contributed by atoms with E-state index in [0.29, 0.717) is 0 Å². The fraction of sp³-hybridized carbons (Fsp3) is 0.833. The predicted octanol–water partition coefficient (Wildman–Crippen LogP) is 3.43. The standard InChI is InChI=1S/C12H22O/c1-2-8-12(13)11-9-6-4-3-5-7-10-11/h9,12-13H,2-8,10H2,1H3. The molecule has 0 heterocycles. The summed E-state index contributed by atoms with van der Waals surface area (Å²) in [5.41, 5.74) is 1.31. The number of aliphatic hydroxyl groups is 1. The molecule has 1 aliphatic carbocycles. The molecule has 0 aromatic carbocycles. The zero-order valence-electron chi connectivity index (χ0n) is 8.76. The van der Waals surface area contributed by atoms with Crippen LogP contribution in [0.4, 0.5) is 0 Å². The first-order valence-corrected chi connectivity index (χ1v) is 5.71. The normalized spacial score (nSPS) is 21.5. The van der Waals surface area contributed by atoms with Crippen LogP contribution in [0.1, 0.15) is 58.3 Å². The zero-order valence-corrected chi connectivity index (χ0v) is 8.76. The van der Waals surface area contributed by atoms with E-state index in [0.717, 1.165) is 19.3 Å². The van der Waals surface area contributed by atoms with Crippen molar-refractivity contribution in [1.82, 2.24) is 0 Å². The lowest BCUT2D eigenvalue weighted by Crippen LogP contribution is -2.10. The van der Waals surface area contributed by atoms with Crippen LogP contribution in [0.15, 0.2) is 11.6 Å². The second-order valence-electron chi connectivity index (χ2n) is 4.04. The van der Waals surface area contributed by atoms with E-state index in [-0.39, 0.29) is 6.10 Å². The van der Waals surface area contributed by atoms with E-state index in [4.69, 9.17) is 0 Å². The van der Waals surface area contributed by atoms with E-state index in [2.05, 4.69) is 13.0 Å². The largest absolute Gasteiger partial charge is 0.389 e. The lowest BCUT2D eigenvalue weighted by Gasteiger charge is -2.16. The Hall–Kier alpha value is -0.300. The van der Waals surface area contributed by atoms with E-state index in [1.807, 2.05) is 0 Å². The Morgan fingerprint density at radius 3 is 2.85 bits per heavy atom. The minimum atomic E-state index is -0.150. The third-order valence-electron chi connectivity index (χ3n) is 2.82. The molecule has 1 N–H and O–H groups in total. The van der Waals surface area contributed by atoms with E-state index >= 15 is 0 Å². The molecule has 1 heteroatoms. The van der Waals surface area contributed by atoms with Crippen molar-refractivity contribution in [3.8, 4) is 0 Å². The molecule has 0 aliphatic heterocycles. The van der Waals surface area contributed by atoms with Crippen molar-refractivity contribution in [2.24, 2.45) is 0 Å². The van der Waals surface area contributed by atoms with Crippen molar-refractivity contribution in [2.75, 3.05) is 0 Å². The van der Waals surface area contributed by atoms with Gasteiger partial charge in [-0.1, -0.05) is 32.3 Å². The maximum absolute atomic E-state index is 9.82. The molecule has 0 aromatic heterocycles. The molecule has 1 rings (SSSR count). The van der Waals surface area contributed by atoms with Crippen LogP contribution in [-0.2, 0) is 0 Å². The molecular weight excluding hydrogens is 160 g/mol. The Bertz CT molecular complexity index is 161. The predicted molar refractivity (Wildman–Crippen MR) is 56.7 cm³/mol. The third-order valence-corrected chi connectivity index (χ3v) is 2.82. The van der Waals surface area contributed by atoms with Crippen LogP contribution in [0, 0.1) is 0 Å². The molecule has 76 valence electrons. The van der Waals surface area contributed by atoms with Crippen LogP contribution in [0.2, 0.25) is 0 Å². The summed E-state index contributed by atoms with van der Waals surface area (Å²) >= 11 is 0. The lowest BCUT2D eigenvalue weighted by atomic mass is 9.94. The van der Waals surface area contributed by atoms with Crippen LogP contribution in [0.5, 0.6) is 0 Å². The Morgan fingerprint density at radius 2 is 2.08 bits per heavy atom. The highest BCUT2D eigenvalue weighted by molar-refractivity contribution is 5.08. The van der Waals surface area contributed by atoms with Gasteiger partial charge in [0, 0.05) is 0 Å². The third kappa shape index (κ3) is 3.95. The monoisotopic (exact) mass is 182 g/mol. The quantitative estimate of drug-likeness (QED) is 0.663. The molecule has 1 nitrogen and oxygen atoms in total. The average molecular weight is 182 g/mol.